The fourth-order valence-electron chi connectivity index (χ4n) is 2.35. The minimum absolute atomic E-state index is 0.0266. The van der Waals surface area contributed by atoms with E-state index in [1.807, 2.05) is 0 Å². The highest BCUT2D eigenvalue weighted by atomic mass is 31.2. The Morgan fingerprint density at radius 3 is 2.59 bits per heavy atom. The Balaban J connectivity index is 2.71. The first-order chi connectivity index (χ1) is 13.5. The van der Waals surface area contributed by atoms with Gasteiger partial charge in [-0.25, -0.2) is 9.34 Å². The van der Waals surface area contributed by atoms with Gasteiger partial charge in [-0.3, -0.25) is 4.57 Å². The van der Waals surface area contributed by atoms with Crippen LogP contribution in [0.5, 0.6) is 0 Å². The van der Waals surface area contributed by atoms with Crippen LogP contribution in [0.25, 0.3) is 0 Å². The van der Waals surface area contributed by atoms with Crippen molar-refractivity contribution in [3.63, 3.8) is 0 Å². The summed E-state index contributed by atoms with van der Waals surface area (Å²) in [5.74, 6) is 0. The van der Waals surface area contributed by atoms with Crippen LogP contribution < -0.4 is 0 Å². The van der Waals surface area contributed by atoms with Crippen molar-refractivity contribution in [2.45, 2.75) is 19.4 Å². The summed E-state index contributed by atoms with van der Waals surface area (Å²) in [6, 6.07) is 7.79. The Morgan fingerprint density at radius 1 is 1.36 bits per heavy atom. The van der Waals surface area contributed by atoms with Crippen molar-refractivity contribution in [2.24, 2.45) is 0 Å². The number of aliphatic hydroxyl groups is 2. The van der Waals surface area contributed by atoms with Crippen LogP contribution in [-0.2, 0) is 9.09 Å². The second-order valence-corrected chi connectivity index (χ2v) is 6.84. The van der Waals surface area contributed by atoms with Gasteiger partial charge >= 0.3 is 7.67 Å². The molecule has 1 aromatic rings. The van der Waals surface area contributed by atoms with E-state index in [9.17, 15) is 14.8 Å². The van der Waals surface area contributed by atoms with Crippen molar-refractivity contribution < 1.29 is 30.3 Å². The Hall–Kier alpha value is -0.750. The molecule has 1 saturated heterocycles. The normalized spacial score (nSPS) is 32.5. The Kier molecular flexibility index (Phi) is 3.55. The molecule has 0 bridgehead atoms. The van der Waals surface area contributed by atoms with Crippen molar-refractivity contribution in [2.75, 3.05) is 39.3 Å². The average molecular weight is 344 g/mol. The molecule has 22 heavy (non-hydrogen) atoms. The third-order valence-electron chi connectivity index (χ3n) is 3.41. The average Bonchev–Trinajstić information content (AvgIpc) is 2.59. The smallest absolute Gasteiger partial charge is 0.346 e. The van der Waals surface area contributed by atoms with Gasteiger partial charge in [-0.15, -0.1) is 0 Å². The zero-order chi connectivity index (χ0) is 23.2. The summed E-state index contributed by atoms with van der Waals surface area (Å²) in [7, 11) is -4.87. The zero-order valence-corrected chi connectivity index (χ0v) is 13.0. The lowest BCUT2D eigenvalue weighted by molar-refractivity contribution is 0.126. The first-order valence-corrected chi connectivity index (χ1v) is 8.33. The highest BCUT2D eigenvalue weighted by molar-refractivity contribution is 7.54. The molecule has 2 unspecified atom stereocenters. The molecule has 0 aromatic heterocycles. The quantitative estimate of drug-likeness (QED) is 0.736. The zero-order valence-electron chi connectivity index (χ0n) is 20.1. The van der Waals surface area contributed by atoms with Crippen LogP contribution in [0.2, 0.25) is 0 Å². The van der Waals surface area contributed by atoms with Crippen LogP contribution in [-0.4, -0.2) is 58.8 Å². The van der Waals surface area contributed by atoms with Crippen LogP contribution in [0.3, 0.4) is 0 Å². The molecule has 0 spiro atoms. The predicted molar refractivity (Wildman–Crippen MR) is 85.5 cm³/mol. The van der Waals surface area contributed by atoms with Crippen LogP contribution in [0.4, 0.5) is 0 Å². The van der Waals surface area contributed by atoms with Gasteiger partial charge in [0.15, 0.2) is 0 Å². The highest BCUT2D eigenvalue weighted by Crippen LogP contribution is 2.59. The molecule has 1 aromatic carbocycles. The van der Waals surface area contributed by atoms with E-state index < -0.39 is 39.8 Å². The van der Waals surface area contributed by atoms with Crippen LogP contribution in [0.15, 0.2) is 30.3 Å². The van der Waals surface area contributed by atoms with E-state index in [4.69, 9.17) is 15.5 Å². The minimum Gasteiger partial charge on any atom is -0.395 e. The molecule has 2 rings (SSSR count). The second-order valence-electron chi connectivity index (χ2n) is 4.69. The Labute approximate surface area is 143 Å². The molecule has 7 heteroatoms. The van der Waals surface area contributed by atoms with Crippen molar-refractivity contribution in [1.82, 2.24) is 9.34 Å². The number of hydrogen-bond donors (Lipinski definition) is 2. The standard InChI is InChI=1S/C15H25N2O4P/c1-14(15-6-3-2-4-7-15)17-8-5-13-21-22(17,20)16(9-11-18)10-12-19/h2-4,6-7,14,18-19H,5,8-13H2,1H3/i9T2,10T2,11T2,12T2. The third kappa shape index (κ3) is 3.77. The minimum atomic E-state index is -4.87. The fourth-order valence-corrected chi connectivity index (χ4v) is 4.52. The monoisotopic (exact) mass is 344 g/mol. The molecule has 1 heterocycles. The molecule has 0 amide bonds. The molecule has 2 atom stereocenters. The van der Waals surface area contributed by atoms with Gasteiger partial charge in [-0.05, 0) is 18.9 Å². The maximum Gasteiger partial charge on any atom is 0.346 e. The van der Waals surface area contributed by atoms with Gasteiger partial charge in [-0.1, -0.05) is 30.3 Å². The summed E-state index contributed by atoms with van der Waals surface area (Å²) in [6.45, 7) is -13.7. The van der Waals surface area contributed by atoms with Gasteiger partial charge in [0, 0.05) is 31.1 Å². The molecule has 6 nitrogen and oxygen atoms in total. The van der Waals surface area contributed by atoms with Crippen molar-refractivity contribution >= 4 is 7.67 Å². The van der Waals surface area contributed by atoms with E-state index in [1.165, 1.54) is 0 Å². The van der Waals surface area contributed by atoms with E-state index >= 15 is 0 Å². The number of benzene rings is 1. The molecule has 124 valence electrons. The summed E-state index contributed by atoms with van der Waals surface area (Å²) in [4.78, 5) is 0. The molecule has 1 aliphatic heterocycles. The van der Waals surface area contributed by atoms with Crippen molar-refractivity contribution in [1.29, 1.82) is 0 Å². The van der Waals surface area contributed by atoms with Crippen molar-refractivity contribution in [3.8, 4) is 0 Å². The topological polar surface area (TPSA) is 73.2 Å². The summed E-state index contributed by atoms with van der Waals surface area (Å²) < 4.78 is 82.0. The van der Waals surface area contributed by atoms with E-state index in [0.717, 1.165) is 4.67 Å². The lowest BCUT2D eigenvalue weighted by atomic mass is 10.1. The lowest BCUT2D eigenvalue weighted by Gasteiger charge is -2.43. The number of nitrogens with zero attached hydrogens (tertiary/aromatic N) is 2. The fraction of sp³-hybridized carbons (Fsp3) is 0.600. The van der Waals surface area contributed by atoms with Gasteiger partial charge in [0.25, 0.3) is 0 Å². The Bertz CT molecular complexity index is 761. The SMILES string of the molecule is [3H]C([3H])(O)C([3H])([3H])N(C([3H])([3H])C([3H])([3H])O)P1(=O)OCCCN1C(C)c1ccccc1. The molecule has 1 fully saturated rings. The molecule has 0 radical (unpaired) electrons. The van der Waals surface area contributed by atoms with Gasteiger partial charge in [0.2, 0.25) is 0 Å². The molecular formula is C15H25N2O4P. The van der Waals surface area contributed by atoms with E-state index in [0.29, 0.717) is 12.0 Å². The van der Waals surface area contributed by atoms with Crippen LogP contribution in [0, 0.1) is 0 Å². The molecule has 2 N–H and O–H groups in total. The summed E-state index contributed by atoms with van der Waals surface area (Å²) in [5.41, 5.74) is 0.614. The van der Waals surface area contributed by atoms with E-state index in [2.05, 4.69) is 0 Å². The molecule has 0 saturated carbocycles. The van der Waals surface area contributed by atoms with Gasteiger partial charge in [0.05, 0.1) is 25.2 Å². The largest absolute Gasteiger partial charge is 0.395 e. The summed E-state index contributed by atoms with van der Waals surface area (Å²) in [5, 5.41) is 19.6. The first kappa shape index (κ1) is 9.52. The maximum absolute atomic E-state index is 14.1. The summed E-state index contributed by atoms with van der Waals surface area (Å²) in [6.07, 6.45) is 0.332. The van der Waals surface area contributed by atoms with E-state index in [1.54, 1.807) is 37.3 Å². The number of hydrogen-bond acceptors (Lipinski definition) is 4. The predicted octanol–water partition coefficient (Wildman–Crippen LogP) is 1.86. The van der Waals surface area contributed by atoms with Crippen LogP contribution >= 0.6 is 7.67 Å². The van der Waals surface area contributed by atoms with Gasteiger partial charge < -0.3 is 14.7 Å². The third-order valence-corrected chi connectivity index (χ3v) is 5.83. The van der Waals surface area contributed by atoms with Gasteiger partial charge in [0.1, 0.15) is 0 Å². The highest BCUT2D eigenvalue weighted by Gasteiger charge is 2.43. The van der Waals surface area contributed by atoms with Crippen LogP contribution in [0.1, 0.15) is 35.9 Å². The Morgan fingerprint density at radius 2 is 2.00 bits per heavy atom. The molecule has 0 aliphatic carbocycles. The van der Waals surface area contributed by atoms with Gasteiger partial charge in [-0.2, -0.15) is 0 Å². The maximum atomic E-state index is 14.1. The van der Waals surface area contributed by atoms with Crippen molar-refractivity contribution in [3.05, 3.63) is 35.9 Å². The van der Waals surface area contributed by atoms with E-state index in [-0.39, 0.29) is 17.8 Å². The number of rotatable bonds is 7. The lowest BCUT2D eigenvalue weighted by Crippen LogP contribution is -2.40. The second kappa shape index (κ2) is 8.20. The molecular weight excluding hydrogens is 303 g/mol. The molecule has 1 aliphatic rings. The first-order valence-electron chi connectivity index (χ1n) is 10.8. The summed E-state index contributed by atoms with van der Waals surface area (Å²) >= 11 is 0.